The van der Waals surface area contributed by atoms with Crippen molar-refractivity contribution in [1.29, 1.82) is 0 Å². The van der Waals surface area contributed by atoms with Crippen molar-refractivity contribution in [3.8, 4) is 0 Å². The molecule has 0 spiro atoms. The third-order valence-electron chi connectivity index (χ3n) is 1.31. The van der Waals surface area contributed by atoms with Gasteiger partial charge in [-0.3, -0.25) is 4.79 Å². The van der Waals surface area contributed by atoms with Crippen LogP contribution < -0.4 is 5.63 Å². The Hall–Kier alpha value is -1.58. The van der Waals surface area contributed by atoms with Gasteiger partial charge in [-0.2, -0.15) is 0 Å². The molecule has 1 rings (SSSR count). The summed E-state index contributed by atoms with van der Waals surface area (Å²) in [5, 5.41) is 0. The molecule has 0 N–H and O–H groups in total. The minimum Gasteiger partial charge on any atom is -0.417 e. The third kappa shape index (κ3) is 1.72. The minimum absolute atomic E-state index is 0.0625. The molecular weight excluding hydrogens is 158 g/mol. The molecule has 0 fully saturated rings. The van der Waals surface area contributed by atoms with Crippen LogP contribution in [0, 0.1) is 0 Å². The van der Waals surface area contributed by atoms with E-state index in [1.165, 1.54) is 23.1 Å². The van der Waals surface area contributed by atoms with Gasteiger partial charge in [-0.1, -0.05) is 6.07 Å². The normalized spacial score (nSPS) is 9.50. The molecule has 0 atom stereocenters. The number of rotatable bonds is 1. The first-order chi connectivity index (χ1) is 5.61. The highest BCUT2D eigenvalue weighted by Crippen LogP contribution is 1.97. The third-order valence-corrected chi connectivity index (χ3v) is 1.31. The molecule has 0 saturated carbocycles. The van der Waals surface area contributed by atoms with Crippen LogP contribution in [0.2, 0.25) is 0 Å². The van der Waals surface area contributed by atoms with Gasteiger partial charge in [0.25, 0.3) is 5.91 Å². The summed E-state index contributed by atoms with van der Waals surface area (Å²) in [6.07, 6.45) is 0. The van der Waals surface area contributed by atoms with E-state index in [-0.39, 0.29) is 11.7 Å². The van der Waals surface area contributed by atoms with Gasteiger partial charge in [0.15, 0.2) is 5.76 Å². The number of amides is 1. The molecule has 1 amide bonds. The molecule has 12 heavy (non-hydrogen) atoms. The molecule has 1 heterocycles. The summed E-state index contributed by atoms with van der Waals surface area (Å²) in [7, 11) is 3.19. The lowest BCUT2D eigenvalue weighted by molar-refractivity contribution is 0.0791. The summed E-state index contributed by atoms with van der Waals surface area (Å²) in [5.74, 6) is -0.250. The van der Waals surface area contributed by atoms with Crippen molar-refractivity contribution in [3.05, 3.63) is 34.4 Å². The van der Waals surface area contributed by atoms with Gasteiger partial charge in [0.05, 0.1) is 0 Å². The monoisotopic (exact) mass is 167 g/mol. The second-order valence-electron chi connectivity index (χ2n) is 2.51. The predicted octanol–water partition coefficient (Wildman–Crippen LogP) is 0.342. The molecule has 0 aromatic carbocycles. The smallest absolute Gasteiger partial charge is 0.336 e. The Labute approximate surface area is 69.4 Å². The first-order valence-corrected chi connectivity index (χ1v) is 3.43. The van der Waals surface area contributed by atoms with Gasteiger partial charge in [0.1, 0.15) is 0 Å². The number of hydrogen-bond acceptors (Lipinski definition) is 3. The SMILES string of the molecule is CN(C)C(=O)c1cccc(=O)o1. The van der Waals surface area contributed by atoms with E-state index in [0.717, 1.165) is 0 Å². The lowest BCUT2D eigenvalue weighted by Gasteiger charge is -2.07. The summed E-state index contributed by atoms with van der Waals surface area (Å²) >= 11 is 0. The van der Waals surface area contributed by atoms with Crippen molar-refractivity contribution in [2.24, 2.45) is 0 Å². The van der Waals surface area contributed by atoms with Crippen LogP contribution in [0.15, 0.2) is 27.4 Å². The Morgan fingerprint density at radius 2 is 2.08 bits per heavy atom. The van der Waals surface area contributed by atoms with Gasteiger partial charge in [0, 0.05) is 20.2 Å². The van der Waals surface area contributed by atoms with Crippen LogP contribution in [0.4, 0.5) is 0 Å². The van der Waals surface area contributed by atoms with Crippen molar-refractivity contribution in [2.75, 3.05) is 14.1 Å². The molecule has 1 aromatic rings. The fraction of sp³-hybridized carbons (Fsp3) is 0.250. The fourth-order valence-corrected chi connectivity index (χ4v) is 0.726. The van der Waals surface area contributed by atoms with E-state index in [2.05, 4.69) is 4.42 Å². The van der Waals surface area contributed by atoms with Crippen molar-refractivity contribution in [1.82, 2.24) is 4.90 Å². The molecule has 0 aliphatic rings. The van der Waals surface area contributed by atoms with Gasteiger partial charge in [0.2, 0.25) is 0 Å². The summed E-state index contributed by atoms with van der Waals surface area (Å²) in [6, 6.07) is 4.21. The van der Waals surface area contributed by atoms with Crippen molar-refractivity contribution >= 4 is 5.91 Å². The van der Waals surface area contributed by atoms with Crippen LogP contribution >= 0.6 is 0 Å². The standard InChI is InChI=1S/C8H9NO3/c1-9(2)8(11)6-4-3-5-7(10)12-6/h3-5H,1-2H3. The molecule has 0 aliphatic carbocycles. The van der Waals surface area contributed by atoms with Crippen molar-refractivity contribution < 1.29 is 9.21 Å². The number of carbonyl (C=O) groups excluding carboxylic acids is 1. The second kappa shape index (κ2) is 3.21. The Kier molecular flexibility index (Phi) is 2.28. The Balaban J connectivity index is 3.04. The molecule has 0 bridgehead atoms. The quantitative estimate of drug-likeness (QED) is 0.606. The van der Waals surface area contributed by atoms with Gasteiger partial charge < -0.3 is 9.32 Å². The Morgan fingerprint density at radius 1 is 1.42 bits per heavy atom. The highest BCUT2D eigenvalue weighted by molar-refractivity contribution is 5.90. The first kappa shape index (κ1) is 8.52. The van der Waals surface area contributed by atoms with E-state index >= 15 is 0 Å². The van der Waals surface area contributed by atoms with Gasteiger partial charge in [-0.05, 0) is 6.07 Å². The van der Waals surface area contributed by atoms with Crippen LogP contribution in [0.5, 0.6) is 0 Å². The van der Waals surface area contributed by atoms with Crippen LogP contribution in [0.1, 0.15) is 10.6 Å². The minimum atomic E-state index is -0.511. The van der Waals surface area contributed by atoms with Gasteiger partial charge >= 0.3 is 5.63 Å². The summed E-state index contributed by atoms with van der Waals surface area (Å²) in [4.78, 5) is 23.2. The van der Waals surface area contributed by atoms with Crippen molar-refractivity contribution in [2.45, 2.75) is 0 Å². The fourth-order valence-electron chi connectivity index (χ4n) is 0.726. The predicted molar refractivity (Wildman–Crippen MR) is 43.0 cm³/mol. The summed E-state index contributed by atoms with van der Waals surface area (Å²) in [6.45, 7) is 0. The Morgan fingerprint density at radius 3 is 2.58 bits per heavy atom. The molecule has 1 aromatic heterocycles. The molecule has 0 aliphatic heterocycles. The van der Waals surface area contributed by atoms with Crippen LogP contribution in [-0.4, -0.2) is 24.9 Å². The second-order valence-corrected chi connectivity index (χ2v) is 2.51. The zero-order valence-electron chi connectivity index (χ0n) is 6.90. The average molecular weight is 167 g/mol. The maximum atomic E-state index is 11.2. The average Bonchev–Trinajstić information content (AvgIpc) is 2.03. The van der Waals surface area contributed by atoms with E-state index in [4.69, 9.17) is 0 Å². The van der Waals surface area contributed by atoms with E-state index in [1.54, 1.807) is 14.1 Å². The molecule has 4 nitrogen and oxygen atoms in total. The maximum absolute atomic E-state index is 11.2. The maximum Gasteiger partial charge on any atom is 0.336 e. The molecule has 64 valence electrons. The summed E-state index contributed by atoms with van der Waals surface area (Å²) in [5.41, 5.74) is -0.511. The zero-order valence-corrected chi connectivity index (χ0v) is 6.90. The highest BCUT2D eigenvalue weighted by Gasteiger charge is 2.09. The lowest BCUT2D eigenvalue weighted by Crippen LogP contribution is -2.22. The highest BCUT2D eigenvalue weighted by atomic mass is 16.4. The zero-order chi connectivity index (χ0) is 9.14. The molecule has 0 radical (unpaired) electrons. The van der Waals surface area contributed by atoms with E-state index < -0.39 is 5.63 Å². The number of nitrogens with zero attached hydrogens (tertiary/aromatic N) is 1. The van der Waals surface area contributed by atoms with E-state index in [9.17, 15) is 9.59 Å². The molecule has 0 unspecified atom stereocenters. The lowest BCUT2D eigenvalue weighted by atomic mass is 10.3. The number of carbonyl (C=O) groups is 1. The van der Waals surface area contributed by atoms with Crippen molar-refractivity contribution in [3.63, 3.8) is 0 Å². The molecule has 0 saturated heterocycles. The number of hydrogen-bond donors (Lipinski definition) is 0. The van der Waals surface area contributed by atoms with Gasteiger partial charge in [-0.25, -0.2) is 4.79 Å². The molecular formula is C8H9NO3. The van der Waals surface area contributed by atoms with E-state index in [1.807, 2.05) is 0 Å². The van der Waals surface area contributed by atoms with Crippen LogP contribution in [0.25, 0.3) is 0 Å². The summed E-state index contributed by atoms with van der Waals surface area (Å²) < 4.78 is 4.65. The van der Waals surface area contributed by atoms with Crippen LogP contribution in [0.3, 0.4) is 0 Å². The molecule has 4 heteroatoms. The van der Waals surface area contributed by atoms with E-state index in [0.29, 0.717) is 0 Å². The Bertz CT molecular complexity index is 340. The topological polar surface area (TPSA) is 50.5 Å². The van der Waals surface area contributed by atoms with Crippen LogP contribution in [-0.2, 0) is 0 Å². The first-order valence-electron chi connectivity index (χ1n) is 3.43. The largest absolute Gasteiger partial charge is 0.417 e. The van der Waals surface area contributed by atoms with Gasteiger partial charge in [-0.15, -0.1) is 0 Å².